The number of carboxylic acids is 1. The maximum absolute atomic E-state index is 12.9. The summed E-state index contributed by atoms with van der Waals surface area (Å²) in [4.78, 5) is 28.9. The van der Waals surface area contributed by atoms with Crippen LogP contribution in [0.4, 0.5) is 0 Å². The van der Waals surface area contributed by atoms with E-state index in [9.17, 15) is 14.7 Å². The number of rotatable bonds is 6. The molecule has 0 bridgehead atoms. The van der Waals surface area contributed by atoms with E-state index in [4.69, 9.17) is 5.11 Å². The number of carbonyl (C=O) groups excluding carboxylic acids is 1. The smallest absolute Gasteiger partial charge is 0.311 e. The summed E-state index contributed by atoms with van der Waals surface area (Å²) in [5, 5.41) is 18.8. The van der Waals surface area contributed by atoms with E-state index in [1.807, 2.05) is 4.90 Å². The summed E-state index contributed by atoms with van der Waals surface area (Å²) >= 11 is 0. The van der Waals surface area contributed by atoms with E-state index >= 15 is 0 Å². The number of aliphatic carboxylic acids is 1. The Kier molecular flexibility index (Phi) is 5.45. The average molecular weight is 338 g/mol. The van der Waals surface area contributed by atoms with Gasteiger partial charge in [0.05, 0.1) is 12.0 Å². The summed E-state index contributed by atoms with van der Waals surface area (Å²) < 4.78 is 0. The molecule has 1 amide bonds. The minimum Gasteiger partial charge on any atom is -0.481 e. The third kappa shape index (κ3) is 3.91. The van der Waals surface area contributed by atoms with Gasteiger partial charge >= 0.3 is 5.97 Å². The standard InChI is InChI=1S/C18H30N2O4/c21-11-10-19-8-4-15(5-9-19)16(22)20-7-1-6-18(13-20,17(23)24)12-14-2-3-14/h14-15,21H,1-13H2,(H,23,24)/t18-/m1/s1. The second-order valence-electron chi connectivity index (χ2n) is 7.94. The Balaban J connectivity index is 1.59. The normalized spacial score (nSPS) is 29.6. The highest BCUT2D eigenvalue weighted by Crippen LogP contribution is 2.45. The van der Waals surface area contributed by atoms with Crippen molar-refractivity contribution in [2.24, 2.45) is 17.3 Å². The van der Waals surface area contributed by atoms with Crippen molar-refractivity contribution < 1.29 is 19.8 Å². The van der Waals surface area contributed by atoms with Crippen LogP contribution in [0.15, 0.2) is 0 Å². The van der Waals surface area contributed by atoms with Gasteiger partial charge in [0, 0.05) is 25.6 Å². The third-order valence-electron chi connectivity index (χ3n) is 6.07. The van der Waals surface area contributed by atoms with Gasteiger partial charge in [0.15, 0.2) is 0 Å². The highest BCUT2D eigenvalue weighted by atomic mass is 16.4. The maximum Gasteiger partial charge on any atom is 0.311 e. The van der Waals surface area contributed by atoms with Crippen molar-refractivity contribution in [3.8, 4) is 0 Å². The van der Waals surface area contributed by atoms with E-state index in [-0.39, 0.29) is 18.4 Å². The van der Waals surface area contributed by atoms with Crippen LogP contribution in [0, 0.1) is 17.3 Å². The lowest BCUT2D eigenvalue weighted by Gasteiger charge is -2.42. The highest BCUT2D eigenvalue weighted by Gasteiger charge is 2.47. The van der Waals surface area contributed by atoms with E-state index in [1.165, 1.54) is 0 Å². The van der Waals surface area contributed by atoms with E-state index in [0.29, 0.717) is 32.0 Å². The molecule has 3 fully saturated rings. The molecule has 0 aromatic heterocycles. The van der Waals surface area contributed by atoms with E-state index < -0.39 is 11.4 Å². The van der Waals surface area contributed by atoms with E-state index in [0.717, 1.165) is 51.6 Å². The molecule has 6 heteroatoms. The van der Waals surface area contributed by atoms with Gasteiger partial charge in [-0.05, 0) is 51.1 Å². The van der Waals surface area contributed by atoms with Crippen LogP contribution in [-0.4, -0.2) is 71.2 Å². The Bertz CT molecular complexity index is 472. The van der Waals surface area contributed by atoms with Gasteiger partial charge in [-0.1, -0.05) is 12.8 Å². The molecule has 1 saturated carbocycles. The second kappa shape index (κ2) is 7.40. The predicted molar refractivity (Wildman–Crippen MR) is 89.5 cm³/mol. The molecule has 0 unspecified atom stereocenters. The molecule has 0 aromatic carbocycles. The number of aliphatic hydroxyl groups excluding tert-OH is 1. The largest absolute Gasteiger partial charge is 0.481 e. The molecule has 6 nitrogen and oxygen atoms in total. The molecule has 24 heavy (non-hydrogen) atoms. The molecular weight excluding hydrogens is 308 g/mol. The number of hydrogen-bond acceptors (Lipinski definition) is 4. The molecule has 1 aliphatic carbocycles. The van der Waals surface area contributed by atoms with Crippen molar-refractivity contribution in [2.45, 2.75) is 44.9 Å². The lowest BCUT2D eigenvalue weighted by molar-refractivity contribution is -0.157. The summed E-state index contributed by atoms with van der Waals surface area (Å²) in [7, 11) is 0. The van der Waals surface area contributed by atoms with E-state index in [1.54, 1.807) is 0 Å². The zero-order valence-electron chi connectivity index (χ0n) is 14.5. The summed E-state index contributed by atoms with van der Waals surface area (Å²) in [6, 6.07) is 0. The molecule has 136 valence electrons. The number of amides is 1. The molecule has 2 saturated heterocycles. The Hall–Kier alpha value is -1.14. The highest BCUT2D eigenvalue weighted by molar-refractivity contribution is 5.81. The Morgan fingerprint density at radius 2 is 1.79 bits per heavy atom. The first-order chi connectivity index (χ1) is 11.5. The van der Waals surface area contributed by atoms with Crippen molar-refractivity contribution in [2.75, 3.05) is 39.3 Å². The maximum atomic E-state index is 12.9. The second-order valence-corrected chi connectivity index (χ2v) is 7.94. The van der Waals surface area contributed by atoms with Gasteiger partial charge in [0.2, 0.25) is 5.91 Å². The Morgan fingerprint density at radius 1 is 1.08 bits per heavy atom. The number of piperidine rings is 2. The molecule has 2 aliphatic heterocycles. The predicted octanol–water partition coefficient (Wildman–Crippen LogP) is 1.18. The molecule has 0 spiro atoms. The fraction of sp³-hybridized carbons (Fsp3) is 0.889. The van der Waals surface area contributed by atoms with Crippen LogP contribution in [0.1, 0.15) is 44.9 Å². The van der Waals surface area contributed by atoms with Crippen LogP contribution in [-0.2, 0) is 9.59 Å². The molecule has 2 N–H and O–H groups in total. The van der Waals surface area contributed by atoms with Gasteiger partial charge in [0.25, 0.3) is 0 Å². The fourth-order valence-corrected chi connectivity index (χ4v) is 4.43. The van der Waals surface area contributed by atoms with Gasteiger partial charge in [0.1, 0.15) is 0 Å². The van der Waals surface area contributed by atoms with Crippen molar-refractivity contribution in [1.82, 2.24) is 9.80 Å². The lowest BCUT2D eigenvalue weighted by Crippen LogP contribution is -2.52. The Labute approximate surface area is 143 Å². The number of likely N-dealkylation sites (tertiary alicyclic amines) is 2. The molecule has 0 aromatic rings. The van der Waals surface area contributed by atoms with Crippen LogP contribution in [0.3, 0.4) is 0 Å². The third-order valence-corrected chi connectivity index (χ3v) is 6.07. The number of aliphatic hydroxyl groups is 1. The lowest BCUT2D eigenvalue weighted by atomic mass is 9.75. The van der Waals surface area contributed by atoms with Crippen molar-refractivity contribution in [1.29, 1.82) is 0 Å². The molecule has 1 atom stereocenters. The SMILES string of the molecule is O=C(C1CCN(CCO)CC1)N1CCC[C@](CC2CC2)(C(=O)O)C1. The first kappa shape index (κ1) is 17.7. The fourth-order valence-electron chi connectivity index (χ4n) is 4.43. The number of carboxylic acid groups (broad SMARTS) is 1. The topological polar surface area (TPSA) is 81.1 Å². The number of carbonyl (C=O) groups is 2. The van der Waals surface area contributed by atoms with Crippen LogP contribution >= 0.6 is 0 Å². The number of β-amino-alcohol motifs (C(OH)–C–C–N with tert-alkyl or cyclic N) is 1. The van der Waals surface area contributed by atoms with Crippen LogP contribution in [0.2, 0.25) is 0 Å². The van der Waals surface area contributed by atoms with Crippen LogP contribution in [0.5, 0.6) is 0 Å². The molecule has 3 aliphatic rings. The van der Waals surface area contributed by atoms with E-state index in [2.05, 4.69) is 4.90 Å². The molecule has 0 radical (unpaired) electrons. The van der Waals surface area contributed by atoms with Gasteiger partial charge in [-0.15, -0.1) is 0 Å². The summed E-state index contributed by atoms with van der Waals surface area (Å²) in [5.41, 5.74) is -0.716. The first-order valence-corrected chi connectivity index (χ1v) is 9.39. The molecule has 3 rings (SSSR count). The van der Waals surface area contributed by atoms with Gasteiger partial charge in [-0.2, -0.15) is 0 Å². The van der Waals surface area contributed by atoms with Crippen molar-refractivity contribution >= 4 is 11.9 Å². The van der Waals surface area contributed by atoms with Crippen molar-refractivity contribution in [3.05, 3.63) is 0 Å². The number of nitrogens with zero attached hydrogens (tertiary/aromatic N) is 2. The summed E-state index contributed by atoms with van der Waals surface area (Å²) in [5.74, 6) is 0.00720. The van der Waals surface area contributed by atoms with Gasteiger partial charge in [-0.25, -0.2) is 0 Å². The first-order valence-electron chi connectivity index (χ1n) is 9.39. The Morgan fingerprint density at radius 3 is 2.38 bits per heavy atom. The monoisotopic (exact) mass is 338 g/mol. The molecular formula is C18H30N2O4. The minimum absolute atomic E-state index is 0.0189. The molecule has 2 heterocycles. The summed E-state index contributed by atoms with van der Waals surface area (Å²) in [6.07, 6.45) is 6.17. The van der Waals surface area contributed by atoms with Crippen LogP contribution in [0.25, 0.3) is 0 Å². The quantitative estimate of drug-likeness (QED) is 0.760. The zero-order valence-corrected chi connectivity index (χ0v) is 14.5. The average Bonchev–Trinajstić information content (AvgIpc) is 3.39. The van der Waals surface area contributed by atoms with Crippen molar-refractivity contribution in [3.63, 3.8) is 0 Å². The van der Waals surface area contributed by atoms with Crippen LogP contribution < -0.4 is 0 Å². The van der Waals surface area contributed by atoms with Gasteiger partial charge in [-0.3, -0.25) is 9.59 Å². The zero-order chi connectivity index (χ0) is 17.2. The summed E-state index contributed by atoms with van der Waals surface area (Å²) in [6.45, 7) is 3.62. The minimum atomic E-state index is -0.718. The van der Waals surface area contributed by atoms with Gasteiger partial charge < -0.3 is 20.0 Å². The number of hydrogen-bond donors (Lipinski definition) is 2.